The van der Waals surface area contributed by atoms with Crippen LogP contribution in [0.2, 0.25) is 0 Å². The molecular weight excluding hydrogens is 272 g/mol. The molecule has 0 aliphatic heterocycles. The lowest BCUT2D eigenvalue weighted by Gasteiger charge is -2.61. The van der Waals surface area contributed by atoms with Gasteiger partial charge in [-0.1, -0.05) is 13.8 Å². The molecule has 0 amide bonds. The molecule has 0 aromatic carbocycles. The van der Waals surface area contributed by atoms with Gasteiger partial charge in [-0.2, -0.15) is 0 Å². The van der Waals surface area contributed by atoms with Crippen LogP contribution >= 0.6 is 0 Å². The molecule has 0 bridgehead atoms. The van der Waals surface area contributed by atoms with Gasteiger partial charge in [-0.3, -0.25) is 0 Å². The summed E-state index contributed by atoms with van der Waals surface area (Å²) in [5, 5.41) is 19.9. The van der Waals surface area contributed by atoms with Crippen LogP contribution in [0.1, 0.15) is 71.6 Å². The smallest absolute Gasteiger partial charge is 0.0543 e. The number of rotatable bonds is 1. The average molecular weight is 306 g/mol. The molecule has 2 nitrogen and oxygen atoms in total. The highest BCUT2D eigenvalue weighted by Crippen LogP contribution is 2.67. The lowest BCUT2D eigenvalue weighted by molar-refractivity contribution is -0.128. The summed E-state index contributed by atoms with van der Waals surface area (Å²) < 4.78 is 0. The van der Waals surface area contributed by atoms with Gasteiger partial charge >= 0.3 is 0 Å². The second-order valence-electron chi connectivity index (χ2n) is 9.59. The summed E-state index contributed by atoms with van der Waals surface area (Å²) in [6, 6.07) is 0. The molecule has 126 valence electrons. The van der Waals surface area contributed by atoms with Crippen molar-refractivity contribution in [2.24, 2.45) is 40.4 Å². The fraction of sp³-hybridized carbons (Fsp3) is 1.00. The summed E-state index contributed by atoms with van der Waals surface area (Å²) in [5.41, 5.74) is 0.897. The molecule has 4 rings (SSSR count). The summed E-state index contributed by atoms with van der Waals surface area (Å²) in [4.78, 5) is 0. The molecule has 22 heavy (non-hydrogen) atoms. The van der Waals surface area contributed by atoms with Gasteiger partial charge in [0.1, 0.15) is 0 Å². The van der Waals surface area contributed by atoms with Crippen molar-refractivity contribution in [2.45, 2.75) is 77.7 Å². The normalized spacial score (nSPS) is 57.8. The van der Waals surface area contributed by atoms with Gasteiger partial charge in [0.25, 0.3) is 0 Å². The standard InChI is InChI=1S/C20H34O2/c1-19-9-7-15(22)11-13(19)3-5-16-17-6-4-14(12-21)20(17,2)10-8-18(16)19/h13-18,21-22H,3-12H2,1-2H3/t13-,14+,15?,16-,17-,18-,19-,20+/m0/s1. The Kier molecular flexibility index (Phi) is 3.66. The molecule has 1 unspecified atom stereocenters. The lowest BCUT2D eigenvalue weighted by Crippen LogP contribution is -2.54. The number of hydrogen-bond donors (Lipinski definition) is 2. The van der Waals surface area contributed by atoms with Gasteiger partial charge in [0.15, 0.2) is 0 Å². The molecule has 8 atom stereocenters. The van der Waals surface area contributed by atoms with Gasteiger partial charge in [-0.05, 0) is 98.2 Å². The van der Waals surface area contributed by atoms with Gasteiger partial charge in [-0.15, -0.1) is 0 Å². The third kappa shape index (κ3) is 1.99. The maximum Gasteiger partial charge on any atom is 0.0543 e. The van der Waals surface area contributed by atoms with Crippen LogP contribution in [0, 0.1) is 40.4 Å². The maximum atomic E-state index is 10.1. The molecule has 0 heterocycles. The molecule has 0 spiro atoms. The summed E-state index contributed by atoms with van der Waals surface area (Å²) in [7, 11) is 0. The minimum atomic E-state index is -0.0336. The van der Waals surface area contributed by atoms with Gasteiger partial charge in [0.2, 0.25) is 0 Å². The van der Waals surface area contributed by atoms with Crippen LogP contribution in [0.5, 0.6) is 0 Å². The van der Waals surface area contributed by atoms with Gasteiger partial charge in [-0.25, -0.2) is 0 Å². The molecule has 0 aromatic rings. The minimum absolute atomic E-state index is 0.0336. The van der Waals surface area contributed by atoms with Crippen molar-refractivity contribution in [1.29, 1.82) is 0 Å². The summed E-state index contributed by atoms with van der Waals surface area (Å²) in [6.07, 6.45) is 11.3. The first-order chi connectivity index (χ1) is 10.5. The summed E-state index contributed by atoms with van der Waals surface area (Å²) in [5.74, 6) is 3.95. The maximum absolute atomic E-state index is 10.1. The van der Waals surface area contributed by atoms with E-state index in [-0.39, 0.29) is 6.10 Å². The van der Waals surface area contributed by atoms with Crippen LogP contribution in [-0.2, 0) is 0 Å². The second-order valence-corrected chi connectivity index (χ2v) is 9.59. The molecule has 0 saturated heterocycles. The fourth-order valence-electron chi connectivity index (χ4n) is 7.64. The first-order valence-corrected chi connectivity index (χ1v) is 9.78. The Morgan fingerprint density at radius 1 is 0.864 bits per heavy atom. The zero-order chi connectivity index (χ0) is 15.5. The van der Waals surface area contributed by atoms with Crippen LogP contribution in [-0.4, -0.2) is 22.9 Å². The molecule has 2 N–H and O–H groups in total. The Hall–Kier alpha value is -0.0800. The number of hydrogen-bond acceptors (Lipinski definition) is 2. The highest BCUT2D eigenvalue weighted by atomic mass is 16.3. The van der Waals surface area contributed by atoms with E-state index in [1.165, 1.54) is 44.9 Å². The van der Waals surface area contributed by atoms with Crippen molar-refractivity contribution < 1.29 is 10.2 Å². The summed E-state index contributed by atoms with van der Waals surface area (Å²) >= 11 is 0. The Morgan fingerprint density at radius 3 is 2.36 bits per heavy atom. The van der Waals surface area contributed by atoms with Crippen molar-refractivity contribution in [2.75, 3.05) is 6.61 Å². The number of fused-ring (bicyclic) bond motifs is 5. The van der Waals surface area contributed by atoms with Crippen LogP contribution < -0.4 is 0 Å². The van der Waals surface area contributed by atoms with E-state index >= 15 is 0 Å². The molecule has 0 aromatic heterocycles. The Labute approximate surface area is 135 Å². The monoisotopic (exact) mass is 306 g/mol. The van der Waals surface area contributed by atoms with Crippen LogP contribution in [0.15, 0.2) is 0 Å². The molecular formula is C20H34O2. The van der Waals surface area contributed by atoms with E-state index in [1.807, 2.05) is 0 Å². The van der Waals surface area contributed by atoms with Crippen molar-refractivity contribution in [1.82, 2.24) is 0 Å². The van der Waals surface area contributed by atoms with Crippen LogP contribution in [0.25, 0.3) is 0 Å². The molecule has 4 aliphatic rings. The number of aliphatic hydroxyl groups is 2. The topological polar surface area (TPSA) is 40.5 Å². The van der Waals surface area contributed by atoms with Gasteiger partial charge in [0, 0.05) is 6.61 Å². The predicted molar refractivity (Wildman–Crippen MR) is 88.3 cm³/mol. The Bertz CT molecular complexity index is 435. The lowest BCUT2D eigenvalue weighted by atomic mass is 9.44. The quantitative estimate of drug-likeness (QED) is 0.769. The number of aliphatic hydroxyl groups excluding tert-OH is 2. The molecule has 2 heteroatoms. The third-order valence-corrected chi connectivity index (χ3v) is 9.05. The SMILES string of the molecule is C[C@]12CCC(O)C[C@@H]1CC[C@@H]1[C@@H]2CC[C@]2(C)[C@@H](CO)CC[C@@H]12. The zero-order valence-electron chi connectivity index (χ0n) is 14.4. The first-order valence-electron chi connectivity index (χ1n) is 9.78. The Balaban J connectivity index is 1.61. The van der Waals surface area contributed by atoms with E-state index < -0.39 is 0 Å². The van der Waals surface area contributed by atoms with Crippen molar-refractivity contribution >= 4 is 0 Å². The van der Waals surface area contributed by atoms with E-state index in [9.17, 15) is 10.2 Å². The Morgan fingerprint density at radius 2 is 1.59 bits per heavy atom. The van der Waals surface area contributed by atoms with E-state index in [0.29, 0.717) is 23.4 Å². The van der Waals surface area contributed by atoms with Crippen molar-refractivity contribution in [3.63, 3.8) is 0 Å². The third-order valence-electron chi connectivity index (χ3n) is 9.05. The largest absolute Gasteiger partial charge is 0.396 e. The van der Waals surface area contributed by atoms with Crippen molar-refractivity contribution in [3.05, 3.63) is 0 Å². The molecule has 4 saturated carbocycles. The average Bonchev–Trinajstić information content (AvgIpc) is 2.84. The van der Waals surface area contributed by atoms with Crippen molar-refractivity contribution in [3.8, 4) is 0 Å². The highest BCUT2D eigenvalue weighted by Gasteiger charge is 2.59. The van der Waals surface area contributed by atoms with E-state index in [1.54, 1.807) is 0 Å². The molecule has 0 radical (unpaired) electrons. The minimum Gasteiger partial charge on any atom is -0.396 e. The van der Waals surface area contributed by atoms with Crippen LogP contribution in [0.4, 0.5) is 0 Å². The van der Waals surface area contributed by atoms with Gasteiger partial charge < -0.3 is 10.2 Å². The predicted octanol–water partition coefficient (Wildman–Crippen LogP) is 4.00. The van der Waals surface area contributed by atoms with E-state index in [0.717, 1.165) is 36.5 Å². The fourth-order valence-corrected chi connectivity index (χ4v) is 7.64. The zero-order valence-corrected chi connectivity index (χ0v) is 14.4. The highest BCUT2D eigenvalue weighted by molar-refractivity contribution is 5.09. The van der Waals surface area contributed by atoms with Gasteiger partial charge in [0.05, 0.1) is 6.10 Å². The van der Waals surface area contributed by atoms with Crippen LogP contribution in [0.3, 0.4) is 0 Å². The van der Waals surface area contributed by atoms with E-state index in [4.69, 9.17) is 0 Å². The van der Waals surface area contributed by atoms with E-state index in [2.05, 4.69) is 13.8 Å². The first kappa shape index (κ1) is 15.4. The molecule has 4 fully saturated rings. The second kappa shape index (κ2) is 5.21. The summed E-state index contributed by atoms with van der Waals surface area (Å²) in [6.45, 7) is 5.44. The molecule has 4 aliphatic carbocycles.